The normalized spacial score (nSPS) is 11.9. The van der Waals surface area contributed by atoms with Crippen LogP contribution >= 0.6 is 11.3 Å². The molecular formula is C12H18N4O2S2. The molecule has 0 unspecified atom stereocenters. The minimum absolute atomic E-state index is 0.256. The molecule has 3 N–H and O–H groups in total. The van der Waals surface area contributed by atoms with Crippen LogP contribution in [0.3, 0.4) is 0 Å². The predicted molar refractivity (Wildman–Crippen MR) is 79.0 cm³/mol. The molecule has 0 radical (unpaired) electrons. The summed E-state index contributed by atoms with van der Waals surface area (Å²) in [5.41, 5.74) is 0.848. The maximum atomic E-state index is 12.1. The number of rotatable bonds is 7. The molecule has 0 aromatic carbocycles. The van der Waals surface area contributed by atoms with Crippen LogP contribution in [-0.4, -0.2) is 24.9 Å². The third kappa shape index (κ3) is 3.89. The van der Waals surface area contributed by atoms with Crippen LogP contribution in [0, 0.1) is 6.92 Å². The van der Waals surface area contributed by atoms with Gasteiger partial charge < -0.3 is 10.3 Å². The fourth-order valence-corrected chi connectivity index (χ4v) is 3.52. The molecule has 2 aromatic heterocycles. The van der Waals surface area contributed by atoms with Gasteiger partial charge in [-0.15, -0.1) is 11.3 Å². The minimum atomic E-state index is -3.48. The zero-order valence-corrected chi connectivity index (χ0v) is 13.1. The number of aromatic nitrogens is 2. The summed E-state index contributed by atoms with van der Waals surface area (Å²) in [5, 5.41) is 4.06. The summed E-state index contributed by atoms with van der Waals surface area (Å²) < 4.78 is 26.8. The van der Waals surface area contributed by atoms with Gasteiger partial charge in [0.1, 0.15) is 0 Å². The van der Waals surface area contributed by atoms with Gasteiger partial charge in [-0.1, -0.05) is 6.92 Å². The van der Waals surface area contributed by atoms with Gasteiger partial charge in [-0.25, -0.2) is 18.1 Å². The number of thiazole rings is 1. The second-order valence-electron chi connectivity index (χ2n) is 4.31. The maximum absolute atomic E-state index is 12.1. The van der Waals surface area contributed by atoms with Crippen LogP contribution < -0.4 is 10.0 Å². The van der Waals surface area contributed by atoms with Crippen LogP contribution in [0.5, 0.6) is 0 Å². The van der Waals surface area contributed by atoms with Crippen molar-refractivity contribution in [3.8, 4) is 0 Å². The predicted octanol–water partition coefficient (Wildman–Crippen LogP) is 1.37. The summed E-state index contributed by atoms with van der Waals surface area (Å²) in [4.78, 5) is 8.21. The van der Waals surface area contributed by atoms with E-state index >= 15 is 0 Å². The van der Waals surface area contributed by atoms with Crippen molar-refractivity contribution in [1.29, 1.82) is 0 Å². The summed E-state index contributed by atoms with van der Waals surface area (Å²) in [6.07, 6.45) is 3.20. The van der Waals surface area contributed by atoms with Crippen LogP contribution in [0.4, 0.5) is 0 Å². The lowest BCUT2D eigenvalue weighted by atomic mass is 10.4. The zero-order chi connectivity index (χ0) is 14.6. The Morgan fingerprint density at radius 1 is 1.40 bits per heavy atom. The number of nitrogens with one attached hydrogen (secondary N) is 3. The molecule has 6 nitrogen and oxygen atoms in total. The van der Waals surface area contributed by atoms with Crippen molar-refractivity contribution in [3.05, 3.63) is 34.0 Å². The average Bonchev–Trinajstić information content (AvgIpc) is 3.03. The highest BCUT2D eigenvalue weighted by molar-refractivity contribution is 7.89. The van der Waals surface area contributed by atoms with Gasteiger partial charge in [-0.3, -0.25) is 0 Å². The number of H-pyrrole nitrogens is 1. The van der Waals surface area contributed by atoms with E-state index in [1.165, 1.54) is 17.5 Å². The van der Waals surface area contributed by atoms with E-state index in [1.807, 2.05) is 13.8 Å². The fraction of sp³-hybridized carbons (Fsp3) is 0.417. The van der Waals surface area contributed by atoms with Gasteiger partial charge in [-0.2, -0.15) is 0 Å². The Bertz CT molecular complexity index is 661. The largest absolute Gasteiger partial charge is 0.363 e. The number of hydrogen-bond acceptors (Lipinski definition) is 5. The highest BCUT2D eigenvalue weighted by Crippen LogP contribution is 2.14. The first-order chi connectivity index (χ1) is 9.51. The molecule has 0 fully saturated rings. The second-order valence-corrected chi connectivity index (χ2v) is 7.40. The lowest BCUT2D eigenvalue weighted by Gasteiger charge is -2.02. The quantitative estimate of drug-likeness (QED) is 0.720. The number of nitrogens with zero attached hydrogens (tertiary/aromatic N) is 1. The molecule has 0 aliphatic heterocycles. The van der Waals surface area contributed by atoms with Gasteiger partial charge in [0.05, 0.1) is 9.90 Å². The summed E-state index contributed by atoms with van der Waals surface area (Å²) >= 11 is 1.48. The Kier molecular flexibility index (Phi) is 4.92. The molecule has 110 valence electrons. The first-order valence-corrected chi connectivity index (χ1v) is 8.60. The molecular weight excluding hydrogens is 296 g/mol. The van der Waals surface area contributed by atoms with Gasteiger partial charge in [0.25, 0.3) is 0 Å². The number of aryl methyl sites for hydroxylation is 1. The van der Waals surface area contributed by atoms with Gasteiger partial charge in [0.2, 0.25) is 10.0 Å². The average molecular weight is 314 g/mol. The Morgan fingerprint density at radius 3 is 2.85 bits per heavy atom. The number of hydrogen-bond donors (Lipinski definition) is 3. The Morgan fingerprint density at radius 2 is 2.20 bits per heavy atom. The molecule has 8 heteroatoms. The molecule has 2 aromatic rings. The topological polar surface area (TPSA) is 86.9 Å². The molecule has 0 aliphatic rings. The molecule has 0 amide bonds. The highest BCUT2D eigenvalue weighted by atomic mass is 32.2. The van der Waals surface area contributed by atoms with Crippen LogP contribution in [0.15, 0.2) is 23.4 Å². The summed E-state index contributed by atoms with van der Waals surface area (Å²) in [6, 6.07) is 1.64. The van der Waals surface area contributed by atoms with Crippen molar-refractivity contribution in [2.24, 2.45) is 0 Å². The Balaban J connectivity index is 2.00. The van der Waals surface area contributed by atoms with Gasteiger partial charge in [-0.05, 0) is 19.5 Å². The van der Waals surface area contributed by atoms with Crippen molar-refractivity contribution in [2.75, 3.05) is 6.54 Å². The van der Waals surface area contributed by atoms with Gasteiger partial charge >= 0.3 is 0 Å². The van der Waals surface area contributed by atoms with Crippen molar-refractivity contribution >= 4 is 21.4 Å². The lowest BCUT2D eigenvalue weighted by Crippen LogP contribution is -2.22. The number of sulfonamides is 1. The van der Waals surface area contributed by atoms with Crippen LogP contribution in [0.2, 0.25) is 0 Å². The Labute approximate surface area is 122 Å². The van der Waals surface area contributed by atoms with Crippen LogP contribution in [0.1, 0.15) is 22.5 Å². The molecule has 20 heavy (non-hydrogen) atoms. The van der Waals surface area contributed by atoms with E-state index in [9.17, 15) is 8.42 Å². The Hall–Kier alpha value is -1.22. The van der Waals surface area contributed by atoms with Crippen molar-refractivity contribution < 1.29 is 8.42 Å². The van der Waals surface area contributed by atoms with Gasteiger partial charge in [0.15, 0.2) is 0 Å². The van der Waals surface area contributed by atoms with Crippen molar-refractivity contribution in [3.63, 3.8) is 0 Å². The molecule has 0 aliphatic carbocycles. The van der Waals surface area contributed by atoms with Gasteiger partial charge in [0, 0.05) is 36.1 Å². The van der Waals surface area contributed by atoms with Crippen molar-refractivity contribution in [2.45, 2.75) is 31.8 Å². The summed E-state index contributed by atoms with van der Waals surface area (Å²) in [6.45, 7) is 5.62. The van der Waals surface area contributed by atoms with E-state index in [1.54, 1.807) is 12.3 Å². The lowest BCUT2D eigenvalue weighted by molar-refractivity contribution is 0.582. The molecule has 0 saturated heterocycles. The monoisotopic (exact) mass is 314 g/mol. The molecule has 2 rings (SSSR count). The van der Waals surface area contributed by atoms with Crippen LogP contribution in [0.25, 0.3) is 0 Å². The van der Waals surface area contributed by atoms with Crippen LogP contribution in [-0.2, 0) is 23.1 Å². The SMILES string of the molecule is CCNCc1cc(S(=O)(=O)NCc2cnc(C)s2)c[nH]1. The molecule has 0 spiro atoms. The van der Waals surface area contributed by atoms with E-state index in [2.05, 4.69) is 20.0 Å². The first-order valence-electron chi connectivity index (χ1n) is 6.30. The number of aromatic amines is 1. The van der Waals surface area contributed by atoms with E-state index in [4.69, 9.17) is 0 Å². The summed E-state index contributed by atoms with van der Waals surface area (Å²) in [7, 11) is -3.48. The smallest absolute Gasteiger partial charge is 0.242 e. The molecule has 0 saturated carbocycles. The van der Waals surface area contributed by atoms with E-state index < -0.39 is 10.0 Å². The second kappa shape index (κ2) is 6.49. The maximum Gasteiger partial charge on any atom is 0.242 e. The zero-order valence-electron chi connectivity index (χ0n) is 11.4. The fourth-order valence-electron chi connectivity index (χ4n) is 1.67. The molecule has 2 heterocycles. The standard InChI is InChI=1S/C12H18N4O2S2/c1-3-13-5-10-4-12(8-15-10)20(17,18)16-7-11-6-14-9(2)19-11/h4,6,8,13,15-16H,3,5,7H2,1-2H3. The highest BCUT2D eigenvalue weighted by Gasteiger charge is 2.16. The van der Waals surface area contributed by atoms with E-state index in [0.717, 1.165) is 22.1 Å². The third-order valence-electron chi connectivity index (χ3n) is 2.70. The minimum Gasteiger partial charge on any atom is -0.363 e. The summed E-state index contributed by atoms with van der Waals surface area (Å²) in [5.74, 6) is 0. The first kappa shape index (κ1) is 15.2. The molecule has 0 bridgehead atoms. The van der Waals surface area contributed by atoms with E-state index in [-0.39, 0.29) is 11.4 Å². The molecule has 0 atom stereocenters. The van der Waals surface area contributed by atoms with E-state index in [0.29, 0.717) is 6.54 Å². The third-order valence-corrected chi connectivity index (χ3v) is 4.99. The van der Waals surface area contributed by atoms with Crippen molar-refractivity contribution in [1.82, 2.24) is 20.0 Å².